The number of hydrogen-bond donors (Lipinski definition) is 4. The van der Waals surface area contributed by atoms with Crippen molar-refractivity contribution in [1.29, 1.82) is 0 Å². The Kier molecular flexibility index (Phi) is 5.26. The Morgan fingerprint density at radius 2 is 1.60 bits per heavy atom. The molecule has 1 atom stereocenters. The fraction of sp³-hybridized carbons (Fsp3) is 0.0400. The number of aromatic amines is 1. The lowest BCUT2D eigenvalue weighted by Gasteiger charge is -2.23. The minimum Gasteiger partial charge on any atom is -0.508 e. The molecular weight excluding hydrogens is 474 g/mol. The van der Waals surface area contributed by atoms with Gasteiger partial charge in [-0.25, -0.2) is 9.78 Å². The Morgan fingerprint density at radius 3 is 2.26 bits per heavy atom. The smallest absolute Gasteiger partial charge is 0.335 e. The number of hydrogen-bond acceptors (Lipinski definition) is 6. The number of ketones is 1. The Labute approximate surface area is 202 Å². The van der Waals surface area contributed by atoms with E-state index >= 15 is 0 Å². The number of phenols is 1. The number of aromatic hydroxyl groups is 1. The number of imidazole rings is 1. The number of phenolic OH excluding ortho intramolecular Hbond substituents is 1. The van der Waals surface area contributed by atoms with Gasteiger partial charge in [0, 0.05) is 10.6 Å². The molecule has 1 saturated heterocycles. The van der Waals surface area contributed by atoms with Crippen molar-refractivity contribution in [3.8, 4) is 5.75 Å². The summed E-state index contributed by atoms with van der Waals surface area (Å²) in [7, 11) is 0. The van der Waals surface area contributed by atoms with Gasteiger partial charge in [-0.05, 0) is 60.2 Å². The number of benzene rings is 3. The predicted octanol–water partition coefficient (Wildman–Crippen LogP) is 4.25. The van der Waals surface area contributed by atoms with Crippen LogP contribution in [0, 0.1) is 0 Å². The average Bonchev–Trinajstić information content (AvgIpc) is 3.37. The van der Waals surface area contributed by atoms with Crippen LogP contribution in [0.15, 0.2) is 72.3 Å². The number of aliphatic hydroxyl groups is 1. The van der Waals surface area contributed by atoms with Gasteiger partial charge in [0.15, 0.2) is 0 Å². The number of aromatic nitrogens is 2. The van der Waals surface area contributed by atoms with Gasteiger partial charge in [0.05, 0.1) is 28.2 Å². The number of anilines is 1. The van der Waals surface area contributed by atoms with Crippen molar-refractivity contribution in [2.45, 2.75) is 6.04 Å². The Hall–Kier alpha value is -4.63. The maximum absolute atomic E-state index is 13.2. The topological polar surface area (TPSA) is 144 Å². The number of aromatic carboxylic acids is 1. The van der Waals surface area contributed by atoms with E-state index in [9.17, 15) is 29.7 Å². The average molecular weight is 490 g/mol. The molecule has 5 rings (SSSR count). The molecule has 0 saturated carbocycles. The Balaban J connectivity index is 1.71. The molecule has 0 spiro atoms. The van der Waals surface area contributed by atoms with Crippen LogP contribution >= 0.6 is 11.6 Å². The number of fused-ring (bicyclic) bond motifs is 1. The van der Waals surface area contributed by atoms with Gasteiger partial charge in [-0.1, -0.05) is 23.7 Å². The SMILES string of the molecule is O=C1C(=O)N(c2nc3ccc(C(=O)O)cc3[nH]2)C(c2ccc(O)cc2)/C1=C(\O)c1ccc(Cl)cc1. The molecule has 10 heteroatoms. The van der Waals surface area contributed by atoms with Gasteiger partial charge in [0.1, 0.15) is 11.5 Å². The second-order valence-electron chi connectivity index (χ2n) is 7.87. The van der Waals surface area contributed by atoms with E-state index in [0.717, 1.165) is 4.90 Å². The first kappa shape index (κ1) is 22.2. The third kappa shape index (κ3) is 3.77. The highest BCUT2D eigenvalue weighted by Crippen LogP contribution is 2.42. The molecule has 1 aliphatic heterocycles. The van der Waals surface area contributed by atoms with E-state index in [0.29, 0.717) is 21.6 Å². The number of halogens is 1. The molecular formula is C25H16ClN3O6. The van der Waals surface area contributed by atoms with Gasteiger partial charge >= 0.3 is 11.9 Å². The fourth-order valence-electron chi connectivity index (χ4n) is 4.03. The van der Waals surface area contributed by atoms with Crippen molar-refractivity contribution in [3.63, 3.8) is 0 Å². The van der Waals surface area contributed by atoms with Crippen LogP contribution in [-0.4, -0.2) is 42.9 Å². The van der Waals surface area contributed by atoms with Gasteiger partial charge in [-0.2, -0.15) is 0 Å². The van der Waals surface area contributed by atoms with Crippen LogP contribution in [0.3, 0.4) is 0 Å². The van der Waals surface area contributed by atoms with Crippen LogP contribution in [0.1, 0.15) is 27.5 Å². The third-order valence-electron chi connectivity index (χ3n) is 5.72. The monoisotopic (exact) mass is 489 g/mol. The van der Waals surface area contributed by atoms with E-state index in [-0.39, 0.29) is 28.4 Å². The molecule has 3 aromatic carbocycles. The molecule has 4 aromatic rings. The van der Waals surface area contributed by atoms with Gasteiger partial charge in [0.2, 0.25) is 5.95 Å². The van der Waals surface area contributed by atoms with Crippen molar-refractivity contribution in [3.05, 3.63) is 94.0 Å². The first-order valence-electron chi connectivity index (χ1n) is 10.3. The van der Waals surface area contributed by atoms with Crippen molar-refractivity contribution >= 4 is 52.0 Å². The summed E-state index contributed by atoms with van der Waals surface area (Å²) in [6.45, 7) is 0. The number of rotatable bonds is 4. The minimum atomic E-state index is -1.13. The second kappa shape index (κ2) is 8.30. The molecule has 4 N–H and O–H groups in total. The van der Waals surface area contributed by atoms with E-state index in [1.54, 1.807) is 12.1 Å². The predicted molar refractivity (Wildman–Crippen MR) is 127 cm³/mol. The summed E-state index contributed by atoms with van der Waals surface area (Å²) in [4.78, 5) is 46.1. The summed E-state index contributed by atoms with van der Waals surface area (Å²) < 4.78 is 0. The van der Waals surface area contributed by atoms with E-state index in [1.807, 2.05) is 0 Å². The minimum absolute atomic E-state index is 0.00197. The Morgan fingerprint density at radius 1 is 0.943 bits per heavy atom. The van der Waals surface area contributed by atoms with Crippen molar-refractivity contribution in [2.24, 2.45) is 0 Å². The van der Waals surface area contributed by atoms with Gasteiger partial charge < -0.3 is 20.3 Å². The third-order valence-corrected chi connectivity index (χ3v) is 5.97. The standard InChI is InChI=1S/C25H16ClN3O6/c26-15-6-1-13(2-7-15)21(31)19-20(12-3-8-16(30)9-4-12)29(23(33)22(19)32)25-27-17-10-5-14(24(34)35)11-18(17)28-25/h1-11,20,30-31H,(H,27,28)(H,34,35)/b21-19+. The van der Waals surface area contributed by atoms with Crippen LogP contribution in [0.5, 0.6) is 5.75 Å². The number of carboxylic acid groups (broad SMARTS) is 1. The summed E-state index contributed by atoms with van der Waals surface area (Å²) in [6, 6.07) is 15.1. The molecule has 2 heterocycles. The summed E-state index contributed by atoms with van der Waals surface area (Å²) in [5, 5.41) is 30.5. The highest BCUT2D eigenvalue weighted by atomic mass is 35.5. The number of carbonyl (C=O) groups excluding carboxylic acids is 2. The quantitative estimate of drug-likeness (QED) is 0.190. The van der Waals surface area contributed by atoms with Crippen molar-refractivity contribution in [2.75, 3.05) is 4.90 Å². The zero-order chi connectivity index (χ0) is 24.9. The first-order valence-corrected chi connectivity index (χ1v) is 10.7. The second-order valence-corrected chi connectivity index (χ2v) is 8.30. The normalized spacial score (nSPS) is 17.3. The molecule has 1 amide bonds. The highest BCUT2D eigenvalue weighted by molar-refractivity contribution is 6.51. The van der Waals surface area contributed by atoms with Gasteiger partial charge in [-0.3, -0.25) is 14.5 Å². The number of carbonyl (C=O) groups is 3. The highest BCUT2D eigenvalue weighted by Gasteiger charge is 2.48. The number of nitrogens with one attached hydrogen (secondary N) is 1. The lowest BCUT2D eigenvalue weighted by atomic mass is 9.95. The number of amides is 1. The van der Waals surface area contributed by atoms with Crippen LogP contribution in [0.2, 0.25) is 5.02 Å². The zero-order valence-electron chi connectivity index (χ0n) is 17.8. The number of H-pyrrole nitrogens is 1. The molecule has 1 aromatic heterocycles. The number of nitrogens with zero attached hydrogens (tertiary/aromatic N) is 2. The molecule has 0 aliphatic carbocycles. The van der Waals surface area contributed by atoms with Crippen LogP contribution in [0.25, 0.3) is 16.8 Å². The van der Waals surface area contributed by atoms with E-state index in [2.05, 4.69) is 9.97 Å². The molecule has 9 nitrogen and oxygen atoms in total. The number of carboxylic acids is 1. The van der Waals surface area contributed by atoms with E-state index in [4.69, 9.17) is 11.6 Å². The molecule has 1 aliphatic rings. The van der Waals surface area contributed by atoms with Crippen molar-refractivity contribution < 1.29 is 29.7 Å². The molecule has 174 valence electrons. The largest absolute Gasteiger partial charge is 0.508 e. The lowest BCUT2D eigenvalue weighted by molar-refractivity contribution is -0.132. The number of aliphatic hydroxyl groups excluding tert-OH is 1. The zero-order valence-corrected chi connectivity index (χ0v) is 18.5. The molecule has 0 radical (unpaired) electrons. The van der Waals surface area contributed by atoms with Gasteiger partial charge in [0.25, 0.3) is 5.78 Å². The molecule has 1 unspecified atom stereocenters. The fourth-order valence-corrected chi connectivity index (χ4v) is 4.16. The molecule has 35 heavy (non-hydrogen) atoms. The Bertz CT molecular complexity index is 1540. The maximum Gasteiger partial charge on any atom is 0.335 e. The van der Waals surface area contributed by atoms with Crippen LogP contribution < -0.4 is 4.90 Å². The lowest BCUT2D eigenvalue weighted by Crippen LogP contribution is -2.30. The van der Waals surface area contributed by atoms with Crippen LogP contribution in [0.4, 0.5) is 5.95 Å². The molecule has 1 fully saturated rings. The van der Waals surface area contributed by atoms with Crippen LogP contribution in [-0.2, 0) is 9.59 Å². The van der Waals surface area contributed by atoms with E-state index in [1.165, 1.54) is 54.6 Å². The summed E-state index contributed by atoms with van der Waals surface area (Å²) in [5.74, 6) is -3.41. The maximum atomic E-state index is 13.2. The summed E-state index contributed by atoms with van der Waals surface area (Å²) in [6.07, 6.45) is 0. The number of Topliss-reactive ketones (excluding diaryl/α,β-unsaturated/α-hetero) is 1. The van der Waals surface area contributed by atoms with Gasteiger partial charge in [-0.15, -0.1) is 0 Å². The van der Waals surface area contributed by atoms with Crippen molar-refractivity contribution in [1.82, 2.24) is 9.97 Å². The first-order chi connectivity index (χ1) is 16.7. The summed E-state index contributed by atoms with van der Waals surface area (Å²) >= 11 is 5.94. The summed E-state index contributed by atoms with van der Waals surface area (Å²) in [5.41, 5.74) is 1.30. The van der Waals surface area contributed by atoms with E-state index < -0.39 is 29.5 Å². The molecule has 0 bridgehead atoms.